The number of hydrogen-bond acceptors (Lipinski definition) is 10. The van der Waals surface area contributed by atoms with E-state index in [9.17, 15) is 19.7 Å². The second kappa shape index (κ2) is 9.68. The fourth-order valence-corrected chi connectivity index (χ4v) is 3.18. The molecule has 12 heteroatoms. The molecule has 2 aromatic rings. The van der Waals surface area contributed by atoms with Crippen LogP contribution in [-0.4, -0.2) is 46.0 Å². The van der Waals surface area contributed by atoms with Gasteiger partial charge < -0.3 is 9.47 Å². The highest BCUT2D eigenvalue weighted by molar-refractivity contribution is 8.01. The van der Waals surface area contributed by atoms with Crippen molar-refractivity contribution >= 4 is 45.8 Å². The standard InChI is InChI=1S/C14H14N4O6S2/c1-2-23-12(20)8-25-14-17-16-13(26-14)15-11(19)7-24-10-5-3-9(4-6-10)18(21)22/h3-6H,2,7-8H2,1H3,(H,15,16,19). The number of non-ortho nitro benzene ring substituents is 1. The largest absolute Gasteiger partial charge is 0.484 e. The first-order valence-electron chi connectivity index (χ1n) is 7.27. The van der Waals surface area contributed by atoms with Crippen LogP contribution in [0.3, 0.4) is 0 Å². The number of hydrogen-bond donors (Lipinski definition) is 1. The van der Waals surface area contributed by atoms with Crippen LogP contribution in [0, 0.1) is 10.1 Å². The lowest BCUT2D eigenvalue weighted by atomic mass is 10.3. The van der Waals surface area contributed by atoms with E-state index >= 15 is 0 Å². The zero-order chi connectivity index (χ0) is 18.9. The van der Waals surface area contributed by atoms with Crippen LogP contribution in [-0.2, 0) is 14.3 Å². The Hall–Kier alpha value is -2.73. The average molecular weight is 398 g/mol. The Bertz CT molecular complexity index is 780. The molecule has 138 valence electrons. The van der Waals surface area contributed by atoms with Gasteiger partial charge in [0.15, 0.2) is 10.9 Å². The molecule has 2 rings (SSSR count). The Morgan fingerprint density at radius 3 is 2.69 bits per heavy atom. The minimum absolute atomic E-state index is 0.0662. The van der Waals surface area contributed by atoms with Crippen LogP contribution in [0.15, 0.2) is 28.6 Å². The first-order valence-corrected chi connectivity index (χ1v) is 9.07. The van der Waals surface area contributed by atoms with Gasteiger partial charge in [0.05, 0.1) is 17.3 Å². The summed E-state index contributed by atoms with van der Waals surface area (Å²) in [5, 5.41) is 21.0. The molecule has 0 bridgehead atoms. The molecule has 0 unspecified atom stereocenters. The van der Waals surface area contributed by atoms with Crippen molar-refractivity contribution in [3.8, 4) is 5.75 Å². The fraction of sp³-hybridized carbons (Fsp3) is 0.286. The van der Waals surface area contributed by atoms with E-state index in [1.807, 2.05) is 0 Å². The van der Waals surface area contributed by atoms with Gasteiger partial charge in [-0.15, -0.1) is 10.2 Å². The minimum atomic E-state index is -0.524. The molecule has 0 saturated heterocycles. The van der Waals surface area contributed by atoms with Crippen molar-refractivity contribution in [2.24, 2.45) is 0 Å². The number of carbonyl (C=O) groups is 2. The molecule has 0 fully saturated rings. The van der Waals surface area contributed by atoms with E-state index in [0.717, 1.165) is 23.1 Å². The third-order valence-electron chi connectivity index (χ3n) is 2.69. The normalized spacial score (nSPS) is 10.2. The number of aromatic nitrogens is 2. The maximum atomic E-state index is 11.8. The van der Waals surface area contributed by atoms with E-state index in [1.165, 1.54) is 24.3 Å². The molecule has 1 aromatic heterocycles. The molecule has 1 heterocycles. The van der Waals surface area contributed by atoms with Gasteiger partial charge in [-0.25, -0.2) is 0 Å². The zero-order valence-electron chi connectivity index (χ0n) is 13.5. The Morgan fingerprint density at radius 1 is 1.31 bits per heavy atom. The van der Waals surface area contributed by atoms with E-state index in [2.05, 4.69) is 15.5 Å². The Balaban J connectivity index is 1.77. The summed E-state index contributed by atoms with van der Waals surface area (Å²) in [4.78, 5) is 33.1. The first kappa shape index (κ1) is 19.6. The number of nitrogens with zero attached hydrogens (tertiary/aromatic N) is 3. The lowest BCUT2D eigenvalue weighted by Crippen LogP contribution is -2.20. The average Bonchev–Trinajstić information content (AvgIpc) is 3.06. The predicted octanol–water partition coefficient (Wildman–Crippen LogP) is 2.12. The second-order valence-electron chi connectivity index (χ2n) is 4.55. The predicted molar refractivity (Wildman–Crippen MR) is 94.5 cm³/mol. The van der Waals surface area contributed by atoms with Crippen molar-refractivity contribution in [2.45, 2.75) is 11.3 Å². The van der Waals surface area contributed by atoms with E-state index in [-0.39, 0.29) is 29.1 Å². The fourth-order valence-electron chi connectivity index (χ4n) is 1.61. The summed E-state index contributed by atoms with van der Waals surface area (Å²) in [6.45, 7) is 1.74. The van der Waals surface area contributed by atoms with Gasteiger partial charge in [-0.2, -0.15) is 0 Å². The van der Waals surface area contributed by atoms with Crippen molar-refractivity contribution in [1.29, 1.82) is 0 Å². The van der Waals surface area contributed by atoms with Gasteiger partial charge in [0.2, 0.25) is 5.13 Å². The van der Waals surface area contributed by atoms with Crippen molar-refractivity contribution < 1.29 is 24.0 Å². The van der Waals surface area contributed by atoms with Crippen LogP contribution in [0.2, 0.25) is 0 Å². The maximum Gasteiger partial charge on any atom is 0.316 e. The summed E-state index contributed by atoms with van der Waals surface area (Å²) in [6, 6.07) is 5.37. The highest BCUT2D eigenvalue weighted by Gasteiger charge is 2.12. The van der Waals surface area contributed by atoms with Gasteiger partial charge in [-0.05, 0) is 19.1 Å². The van der Waals surface area contributed by atoms with Crippen LogP contribution in [0.25, 0.3) is 0 Å². The van der Waals surface area contributed by atoms with Gasteiger partial charge in [-0.3, -0.25) is 25.0 Å². The first-order chi connectivity index (χ1) is 12.5. The van der Waals surface area contributed by atoms with Crippen LogP contribution < -0.4 is 10.1 Å². The molecular weight excluding hydrogens is 384 g/mol. The molecule has 1 aromatic carbocycles. The molecule has 0 aliphatic rings. The zero-order valence-corrected chi connectivity index (χ0v) is 15.2. The summed E-state index contributed by atoms with van der Waals surface area (Å²) in [6.07, 6.45) is 0. The van der Waals surface area contributed by atoms with Crippen LogP contribution >= 0.6 is 23.1 Å². The number of carbonyl (C=O) groups excluding carboxylic acids is 2. The van der Waals surface area contributed by atoms with Gasteiger partial charge in [0.1, 0.15) is 5.75 Å². The molecule has 0 atom stereocenters. The third kappa shape index (κ3) is 6.29. The van der Waals surface area contributed by atoms with Gasteiger partial charge in [-0.1, -0.05) is 23.1 Å². The maximum absolute atomic E-state index is 11.8. The van der Waals surface area contributed by atoms with Gasteiger partial charge in [0, 0.05) is 12.1 Å². The number of nitrogens with one attached hydrogen (secondary N) is 1. The number of thioether (sulfide) groups is 1. The summed E-state index contributed by atoms with van der Waals surface area (Å²) in [5.74, 6) is -0.371. The number of nitro benzene ring substituents is 1. The van der Waals surface area contributed by atoms with E-state index in [0.29, 0.717) is 16.7 Å². The van der Waals surface area contributed by atoms with E-state index in [4.69, 9.17) is 9.47 Å². The molecule has 1 amide bonds. The lowest BCUT2D eigenvalue weighted by Gasteiger charge is -2.05. The monoisotopic (exact) mass is 398 g/mol. The molecule has 26 heavy (non-hydrogen) atoms. The molecule has 0 saturated carbocycles. The molecule has 0 aliphatic carbocycles. The smallest absolute Gasteiger partial charge is 0.316 e. The lowest BCUT2D eigenvalue weighted by molar-refractivity contribution is -0.384. The second-order valence-corrected chi connectivity index (χ2v) is 6.75. The number of amides is 1. The molecule has 0 aliphatic heterocycles. The summed E-state index contributed by atoms with van der Waals surface area (Å²) >= 11 is 2.28. The van der Waals surface area contributed by atoms with Crippen LogP contribution in [0.5, 0.6) is 5.75 Å². The minimum Gasteiger partial charge on any atom is -0.484 e. The van der Waals surface area contributed by atoms with E-state index < -0.39 is 10.8 Å². The molecule has 1 N–H and O–H groups in total. The Kier molecular flexibility index (Phi) is 7.29. The highest BCUT2D eigenvalue weighted by Crippen LogP contribution is 2.25. The van der Waals surface area contributed by atoms with Crippen molar-refractivity contribution in [2.75, 3.05) is 24.3 Å². The van der Waals surface area contributed by atoms with Crippen molar-refractivity contribution in [3.63, 3.8) is 0 Å². The van der Waals surface area contributed by atoms with Gasteiger partial charge in [0.25, 0.3) is 11.6 Å². The summed E-state index contributed by atoms with van der Waals surface area (Å²) in [5.41, 5.74) is -0.0662. The number of anilines is 1. The Morgan fingerprint density at radius 2 is 2.04 bits per heavy atom. The molecule has 0 radical (unpaired) electrons. The third-order valence-corrected chi connectivity index (χ3v) is 4.63. The number of benzene rings is 1. The topological polar surface area (TPSA) is 134 Å². The molecular formula is C14H14N4O6S2. The summed E-state index contributed by atoms with van der Waals surface area (Å²) < 4.78 is 10.6. The SMILES string of the molecule is CCOC(=O)CSc1nnc(NC(=O)COc2ccc([N+](=O)[O-])cc2)s1. The number of rotatable bonds is 9. The van der Waals surface area contributed by atoms with Crippen LogP contribution in [0.1, 0.15) is 6.92 Å². The molecule has 0 spiro atoms. The van der Waals surface area contributed by atoms with Crippen molar-refractivity contribution in [3.05, 3.63) is 34.4 Å². The number of nitro groups is 1. The van der Waals surface area contributed by atoms with Crippen LogP contribution in [0.4, 0.5) is 10.8 Å². The number of esters is 1. The van der Waals surface area contributed by atoms with Crippen molar-refractivity contribution in [1.82, 2.24) is 10.2 Å². The highest BCUT2D eigenvalue weighted by atomic mass is 32.2. The van der Waals surface area contributed by atoms with E-state index in [1.54, 1.807) is 6.92 Å². The number of ether oxygens (including phenoxy) is 2. The quantitative estimate of drug-likeness (QED) is 0.221. The Labute approximate surface area is 156 Å². The van der Waals surface area contributed by atoms with Gasteiger partial charge >= 0.3 is 5.97 Å². The molecule has 10 nitrogen and oxygen atoms in total. The summed E-state index contributed by atoms with van der Waals surface area (Å²) in [7, 11) is 0.